The molecule has 1 aromatic carbocycles. The molecule has 0 radical (unpaired) electrons. The number of aryl methyl sites for hydroxylation is 1. The van der Waals surface area contributed by atoms with Gasteiger partial charge in [0.15, 0.2) is 5.82 Å². The maximum absolute atomic E-state index is 13.5. The van der Waals surface area contributed by atoms with Crippen LogP contribution in [0, 0.1) is 5.92 Å². The second kappa shape index (κ2) is 11.2. The topological polar surface area (TPSA) is 85.3 Å². The van der Waals surface area contributed by atoms with Crippen molar-refractivity contribution < 1.29 is 22.6 Å². The minimum Gasteiger partial charge on any atom is -0.360 e. The van der Waals surface area contributed by atoms with Crippen LogP contribution in [0.5, 0.6) is 0 Å². The smallest absolute Gasteiger partial charge is 0.249 e. The van der Waals surface area contributed by atoms with Gasteiger partial charge < -0.3 is 13.9 Å². The molecule has 3 saturated carbocycles. The van der Waals surface area contributed by atoms with Crippen molar-refractivity contribution in [3.63, 3.8) is 0 Å². The summed E-state index contributed by atoms with van der Waals surface area (Å²) < 4.78 is 37.9. The van der Waals surface area contributed by atoms with E-state index in [1.165, 1.54) is 0 Å². The number of rotatable bonds is 11. The van der Waals surface area contributed by atoms with Crippen LogP contribution >= 0.6 is 0 Å². The van der Waals surface area contributed by atoms with E-state index in [9.17, 15) is 13.6 Å². The van der Waals surface area contributed by atoms with E-state index >= 15 is 0 Å². The largest absolute Gasteiger partial charge is 0.360 e. The molecule has 9 heteroatoms. The molecular weight excluding hydrogens is 490 g/mol. The summed E-state index contributed by atoms with van der Waals surface area (Å²) in [6.07, 6.45) is 6.93. The van der Waals surface area contributed by atoms with E-state index < -0.39 is 11.8 Å². The summed E-state index contributed by atoms with van der Waals surface area (Å²) in [7, 11) is 0. The fourth-order valence-corrected chi connectivity index (χ4v) is 4.84. The fourth-order valence-electron chi connectivity index (χ4n) is 4.84. The molecule has 3 aliphatic carbocycles. The van der Waals surface area contributed by atoms with Crippen LogP contribution in [-0.2, 0) is 11.2 Å². The lowest BCUT2D eigenvalue weighted by Crippen LogP contribution is -2.47. The number of amides is 1. The van der Waals surface area contributed by atoms with Crippen molar-refractivity contribution >= 4 is 11.6 Å². The first-order valence-corrected chi connectivity index (χ1v) is 13.5. The first-order chi connectivity index (χ1) is 18.4. The summed E-state index contributed by atoms with van der Waals surface area (Å²) in [6.45, 7) is 6.47. The molecule has 0 bridgehead atoms. The minimum atomic E-state index is -2.74. The number of unbranched alkanes of at least 4 members (excludes halogenated alkanes) is 2. The second-order valence-corrected chi connectivity index (χ2v) is 10.5. The van der Waals surface area contributed by atoms with Crippen LogP contribution in [0.15, 0.2) is 52.5 Å². The van der Waals surface area contributed by atoms with Crippen LogP contribution in [0.25, 0.3) is 11.3 Å². The molecule has 3 aliphatic rings. The number of hydrogen-bond acceptors (Lipinski definition) is 6. The Bertz CT molecular complexity index is 1240. The Hall–Kier alpha value is -3.36. The van der Waals surface area contributed by atoms with Gasteiger partial charge >= 0.3 is 0 Å². The standard InChI is InChI=1S/C27H30F2N4O3.C2H4/c28-27(29)15-20(16-27)26(34)33(12-3-1-2-7-24-30-25(32-36-24)18-10-11-18)21-6-4-5-19(13-21)22-14-23(35-31-22)17-8-9-17;1-2/h4-6,13-14,17-18,20H,1-3,7-12,15-16H2;1-2H2. The van der Waals surface area contributed by atoms with E-state index in [1.54, 1.807) is 4.90 Å². The van der Waals surface area contributed by atoms with Gasteiger partial charge in [0, 0.05) is 60.9 Å². The maximum Gasteiger partial charge on any atom is 0.249 e. The molecule has 0 saturated heterocycles. The molecule has 0 unspecified atom stereocenters. The van der Waals surface area contributed by atoms with Gasteiger partial charge in [-0.3, -0.25) is 4.79 Å². The van der Waals surface area contributed by atoms with Crippen LogP contribution in [0.2, 0.25) is 0 Å². The molecule has 3 aromatic rings. The molecule has 38 heavy (non-hydrogen) atoms. The average molecular weight is 525 g/mol. The molecule has 2 aromatic heterocycles. The van der Waals surface area contributed by atoms with Gasteiger partial charge in [-0.05, 0) is 50.7 Å². The number of carbonyl (C=O) groups is 1. The number of halogens is 2. The normalized spacial score (nSPS) is 18.4. The predicted molar refractivity (Wildman–Crippen MR) is 139 cm³/mol. The van der Waals surface area contributed by atoms with Crippen molar-refractivity contribution in [3.8, 4) is 11.3 Å². The average Bonchev–Trinajstić information content (AvgIpc) is 3.85. The minimum absolute atomic E-state index is 0.233. The molecule has 0 atom stereocenters. The lowest BCUT2D eigenvalue weighted by molar-refractivity contribution is -0.147. The number of nitrogens with zero attached hydrogens (tertiary/aromatic N) is 4. The Kier molecular flexibility index (Phi) is 7.72. The molecular formula is C29H34F2N4O3. The number of carbonyl (C=O) groups excluding carboxylic acids is 1. The van der Waals surface area contributed by atoms with Gasteiger partial charge in [0.25, 0.3) is 0 Å². The maximum atomic E-state index is 13.5. The van der Waals surface area contributed by atoms with Crippen molar-refractivity contribution in [1.29, 1.82) is 0 Å². The lowest BCUT2D eigenvalue weighted by Gasteiger charge is -2.37. The summed E-state index contributed by atoms with van der Waals surface area (Å²) in [5.41, 5.74) is 2.28. The summed E-state index contributed by atoms with van der Waals surface area (Å²) in [5, 5.41) is 8.26. The van der Waals surface area contributed by atoms with Gasteiger partial charge in [0.1, 0.15) is 11.5 Å². The van der Waals surface area contributed by atoms with Crippen LogP contribution in [0.3, 0.4) is 0 Å². The zero-order valence-electron chi connectivity index (χ0n) is 21.6. The van der Waals surface area contributed by atoms with Crippen LogP contribution in [0.1, 0.15) is 87.1 Å². The summed E-state index contributed by atoms with van der Waals surface area (Å²) >= 11 is 0. The van der Waals surface area contributed by atoms with E-state index in [0.29, 0.717) is 36.4 Å². The first kappa shape index (κ1) is 26.3. The fraction of sp³-hybridized carbons (Fsp3) is 0.517. The Morgan fingerprint density at radius 1 is 1.00 bits per heavy atom. The molecule has 0 spiro atoms. The van der Waals surface area contributed by atoms with Crippen LogP contribution in [0.4, 0.5) is 14.5 Å². The highest BCUT2D eigenvalue weighted by Crippen LogP contribution is 2.44. The molecule has 1 amide bonds. The third-order valence-corrected chi connectivity index (χ3v) is 7.37. The molecule has 7 nitrogen and oxygen atoms in total. The highest BCUT2D eigenvalue weighted by atomic mass is 19.3. The van der Waals surface area contributed by atoms with Crippen molar-refractivity contribution in [2.45, 2.75) is 82.0 Å². The van der Waals surface area contributed by atoms with E-state index in [0.717, 1.165) is 67.8 Å². The van der Waals surface area contributed by atoms with Gasteiger partial charge in [-0.15, -0.1) is 13.2 Å². The number of hydrogen-bond donors (Lipinski definition) is 0. The van der Waals surface area contributed by atoms with Crippen molar-refractivity contribution in [1.82, 2.24) is 15.3 Å². The third-order valence-electron chi connectivity index (χ3n) is 7.37. The van der Waals surface area contributed by atoms with E-state index in [1.807, 2.05) is 30.3 Å². The summed E-state index contributed by atoms with van der Waals surface area (Å²) in [6, 6.07) is 9.53. The number of benzene rings is 1. The third kappa shape index (κ3) is 6.19. The van der Waals surface area contributed by atoms with Crippen molar-refractivity contribution in [2.24, 2.45) is 5.92 Å². The van der Waals surface area contributed by atoms with Gasteiger partial charge in [0.05, 0.1) is 0 Å². The summed E-state index contributed by atoms with van der Waals surface area (Å²) in [5.74, 6) is -0.320. The van der Waals surface area contributed by atoms with E-state index in [2.05, 4.69) is 28.5 Å². The van der Waals surface area contributed by atoms with E-state index in [-0.39, 0.29) is 18.7 Å². The Morgan fingerprint density at radius 3 is 2.47 bits per heavy atom. The monoisotopic (exact) mass is 524 g/mol. The zero-order chi connectivity index (χ0) is 26.7. The Balaban J connectivity index is 0.00000144. The highest BCUT2D eigenvalue weighted by Gasteiger charge is 2.50. The first-order valence-electron chi connectivity index (χ1n) is 13.5. The number of aromatic nitrogens is 3. The quantitative estimate of drug-likeness (QED) is 0.197. The van der Waals surface area contributed by atoms with Gasteiger partial charge in [0.2, 0.25) is 17.7 Å². The summed E-state index contributed by atoms with van der Waals surface area (Å²) in [4.78, 5) is 19.4. The highest BCUT2D eigenvalue weighted by molar-refractivity contribution is 5.96. The molecule has 3 fully saturated rings. The van der Waals surface area contributed by atoms with E-state index in [4.69, 9.17) is 9.05 Å². The molecule has 202 valence electrons. The van der Waals surface area contributed by atoms with Gasteiger partial charge in [-0.2, -0.15) is 4.98 Å². The Labute approximate surface area is 221 Å². The lowest BCUT2D eigenvalue weighted by atomic mass is 9.80. The second-order valence-electron chi connectivity index (χ2n) is 10.5. The SMILES string of the molecule is C=C.O=C(C1CC(F)(F)C1)N(CCCCCc1nc(C2CC2)no1)c1cccc(-c2cc(C3CC3)on2)c1. The molecule has 0 aliphatic heterocycles. The molecule has 6 rings (SSSR count). The number of alkyl halides is 2. The molecule has 0 N–H and O–H groups in total. The zero-order valence-corrected chi connectivity index (χ0v) is 21.6. The number of anilines is 1. The van der Waals surface area contributed by atoms with Crippen molar-refractivity contribution in [2.75, 3.05) is 11.4 Å². The molecule has 2 heterocycles. The van der Waals surface area contributed by atoms with Gasteiger partial charge in [-0.25, -0.2) is 8.78 Å². The van der Waals surface area contributed by atoms with Crippen molar-refractivity contribution in [3.05, 3.63) is 61.0 Å². The van der Waals surface area contributed by atoms with Crippen LogP contribution < -0.4 is 4.90 Å². The Morgan fingerprint density at radius 2 is 1.76 bits per heavy atom. The predicted octanol–water partition coefficient (Wildman–Crippen LogP) is 7.07. The van der Waals surface area contributed by atoms with Crippen LogP contribution in [-0.4, -0.2) is 33.7 Å². The van der Waals surface area contributed by atoms with Gasteiger partial charge in [-0.1, -0.05) is 28.9 Å².